The molecule has 0 heterocycles. The summed E-state index contributed by atoms with van der Waals surface area (Å²) in [5, 5.41) is 3.44. The number of hydrogen-bond donors (Lipinski definition) is 1. The summed E-state index contributed by atoms with van der Waals surface area (Å²) in [6.45, 7) is 17.9. The van der Waals surface area contributed by atoms with Crippen molar-refractivity contribution >= 4 is 9.28 Å². The number of hydrogen-bond acceptors (Lipinski definition) is 3. The van der Waals surface area contributed by atoms with E-state index in [0.29, 0.717) is 5.92 Å². The van der Waals surface area contributed by atoms with Gasteiger partial charge in [-0.3, -0.25) is 0 Å². The van der Waals surface area contributed by atoms with E-state index in [0.717, 1.165) is 12.7 Å². The molecule has 4 heteroatoms. The summed E-state index contributed by atoms with van der Waals surface area (Å²) in [5.74, 6) is 0.661. The van der Waals surface area contributed by atoms with Crippen LogP contribution in [0.2, 0.25) is 0 Å². The monoisotopic (exact) mass is 261 g/mol. The second kappa shape index (κ2) is 6.88. The van der Waals surface area contributed by atoms with Gasteiger partial charge >= 0.3 is 9.28 Å². The van der Waals surface area contributed by atoms with Crippen LogP contribution >= 0.6 is 0 Å². The Bertz CT molecular complexity index is 190. The van der Waals surface area contributed by atoms with Crippen LogP contribution in [-0.4, -0.2) is 33.2 Å². The molecule has 0 aliphatic heterocycles. The van der Waals surface area contributed by atoms with Gasteiger partial charge in [0.15, 0.2) is 0 Å². The van der Waals surface area contributed by atoms with E-state index in [1.165, 1.54) is 0 Å². The van der Waals surface area contributed by atoms with Crippen molar-refractivity contribution < 1.29 is 8.85 Å². The fourth-order valence-electron chi connectivity index (χ4n) is 1.39. The maximum Gasteiger partial charge on any atom is 0.336 e. The molecule has 0 amide bonds. The van der Waals surface area contributed by atoms with Gasteiger partial charge < -0.3 is 14.2 Å². The normalized spacial score (nSPS) is 13.8. The van der Waals surface area contributed by atoms with Gasteiger partial charge in [-0.2, -0.15) is 0 Å². The second-order valence-electron chi connectivity index (χ2n) is 6.94. The maximum atomic E-state index is 6.05. The van der Waals surface area contributed by atoms with Crippen molar-refractivity contribution in [3.8, 4) is 0 Å². The summed E-state index contributed by atoms with van der Waals surface area (Å²) < 4.78 is 12.1. The van der Waals surface area contributed by atoms with Gasteiger partial charge in [-0.25, -0.2) is 0 Å². The highest BCUT2D eigenvalue weighted by molar-refractivity contribution is 6.44. The zero-order valence-electron chi connectivity index (χ0n) is 12.9. The Morgan fingerprint density at radius 2 is 1.35 bits per heavy atom. The molecule has 0 aliphatic carbocycles. The van der Waals surface area contributed by atoms with Crippen LogP contribution in [0.25, 0.3) is 0 Å². The van der Waals surface area contributed by atoms with Crippen molar-refractivity contribution in [1.82, 2.24) is 5.32 Å². The quantitative estimate of drug-likeness (QED) is 0.746. The standard InChI is InChI=1S/C13H31NO2Si/c1-11(2)9-14-10-17(15-12(3,4)5)16-13(6,7)8/h11,14,17H,9-10H2,1-8H3. The zero-order valence-corrected chi connectivity index (χ0v) is 14.0. The Morgan fingerprint density at radius 1 is 0.941 bits per heavy atom. The highest BCUT2D eigenvalue weighted by Crippen LogP contribution is 2.15. The van der Waals surface area contributed by atoms with Crippen molar-refractivity contribution in [2.24, 2.45) is 5.92 Å². The topological polar surface area (TPSA) is 30.5 Å². The molecule has 0 spiro atoms. The molecule has 0 atom stereocenters. The smallest absolute Gasteiger partial charge is 0.336 e. The Hall–Kier alpha value is 0.0969. The molecule has 0 aromatic heterocycles. The third kappa shape index (κ3) is 12.3. The zero-order chi connectivity index (χ0) is 13.7. The minimum absolute atomic E-state index is 0.123. The number of nitrogens with one attached hydrogen (secondary N) is 1. The van der Waals surface area contributed by atoms with E-state index in [1.54, 1.807) is 0 Å². The molecule has 0 saturated carbocycles. The lowest BCUT2D eigenvalue weighted by atomic mass is 10.2. The first-order valence-electron chi connectivity index (χ1n) is 6.56. The molecule has 0 aromatic carbocycles. The molecule has 0 saturated heterocycles. The molecule has 3 nitrogen and oxygen atoms in total. The highest BCUT2D eigenvalue weighted by atomic mass is 28.3. The van der Waals surface area contributed by atoms with Crippen LogP contribution in [-0.2, 0) is 8.85 Å². The van der Waals surface area contributed by atoms with Gasteiger partial charge in [-0.1, -0.05) is 13.8 Å². The molecule has 104 valence electrons. The number of rotatable bonds is 6. The molecule has 0 unspecified atom stereocenters. The minimum atomic E-state index is -1.65. The average Bonchev–Trinajstić information content (AvgIpc) is 1.95. The molecule has 0 fully saturated rings. The van der Waals surface area contributed by atoms with Crippen molar-refractivity contribution in [1.29, 1.82) is 0 Å². The molecule has 0 rings (SSSR count). The Labute approximate surface area is 109 Å². The van der Waals surface area contributed by atoms with Crippen LogP contribution in [0.1, 0.15) is 55.4 Å². The first-order chi connectivity index (χ1) is 7.49. The Balaban J connectivity index is 4.21. The lowest BCUT2D eigenvalue weighted by molar-refractivity contribution is 0.0332. The van der Waals surface area contributed by atoms with Crippen molar-refractivity contribution in [3.05, 3.63) is 0 Å². The van der Waals surface area contributed by atoms with E-state index in [2.05, 4.69) is 60.7 Å². The van der Waals surface area contributed by atoms with E-state index < -0.39 is 9.28 Å². The molecule has 0 radical (unpaired) electrons. The van der Waals surface area contributed by atoms with E-state index >= 15 is 0 Å². The summed E-state index contributed by atoms with van der Waals surface area (Å²) in [6.07, 6.45) is 0.868. The van der Waals surface area contributed by atoms with Crippen molar-refractivity contribution in [2.45, 2.75) is 66.6 Å². The van der Waals surface area contributed by atoms with Crippen LogP contribution in [0, 0.1) is 5.92 Å². The van der Waals surface area contributed by atoms with Crippen LogP contribution in [0.4, 0.5) is 0 Å². The fourth-order valence-corrected chi connectivity index (χ4v) is 3.58. The molecule has 0 bridgehead atoms. The predicted octanol–water partition coefficient (Wildman–Crippen LogP) is 2.62. The first-order valence-corrected chi connectivity index (χ1v) is 8.32. The van der Waals surface area contributed by atoms with Gasteiger partial charge in [0.25, 0.3) is 0 Å². The lowest BCUT2D eigenvalue weighted by Gasteiger charge is -2.32. The maximum absolute atomic E-state index is 6.05. The first kappa shape index (κ1) is 17.1. The van der Waals surface area contributed by atoms with Crippen LogP contribution < -0.4 is 5.32 Å². The van der Waals surface area contributed by atoms with Gasteiger partial charge in [0.1, 0.15) is 0 Å². The largest absolute Gasteiger partial charge is 0.391 e. The minimum Gasteiger partial charge on any atom is -0.391 e. The third-order valence-electron chi connectivity index (χ3n) is 1.83. The molecular formula is C13H31NO2Si. The SMILES string of the molecule is CC(C)CNC[SiH](OC(C)(C)C)OC(C)(C)C. The van der Waals surface area contributed by atoms with Gasteiger partial charge in [-0.05, 0) is 54.0 Å². The molecule has 17 heavy (non-hydrogen) atoms. The van der Waals surface area contributed by atoms with Crippen molar-refractivity contribution in [3.63, 3.8) is 0 Å². The molecule has 0 aromatic rings. The fraction of sp³-hybridized carbons (Fsp3) is 1.00. The van der Waals surface area contributed by atoms with E-state index in [1.807, 2.05) is 0 Å². The summed E-state index contributed by atoms with van der Waals surface area (Å²) in [6, 6.07) is 0. The van der Waals surface area contributed by atoms with Crippen molar-refractivity contribution in [2.75, 3.05) is 12.7 Å². The second-order valence-corrected chi connectivity index (χ2v) is 8.68. The van der Waals surface area contributed by atoms with Crippen LogP contribution in [0.5, 0.6) is 0 Å². The summed E-state index contributed by atoms with van der Waals surface area (Å²) >= 11 is 0. The van der Waals surface area contributed by atoms with E-state index in [4.69, 9.17) is 8.85 Å². The summed E-state index contributed by atoms with van der Waals surface area (Å²) in [4.78, 5) is 0. The van der Waals surface area contributed by atoms with E-state index in [-0.39, 0.29) is 11.2 Å². The van der Waals surface area contributed by atoms with Gasteiger partial charge in [0.05, 0.1) is 0 Å². The van der Waals surface area contributed by atoms with Gasteiger partial charge in [0, 0.05) is 17.4 Å². The summed E-state index contributed by atoms with van der Waals surface area (Å²) in [7, 11) is -1.65. The van der Waals surface area contributed by atoms with Gasteiger partial charge in [0.2, 0.25) is 0 Å². The Kier molecular flexibility index (Phi) is 6.92. The van der Waals surface area contributed by atoms with E-state index in [9.17, 15) is 0 Å². The highest BCUT2D eigenvalue weighted by Gasteiger charge is 2.26. The van der Waals surface area contributed by atoms with Crippen LogP contribution in [0.3, 0.4) is 0 Å². The van der Waals surface area contributed by atoms with Gasteiger partial charge in [-0.15, -0.1) is 0 Å². The molecule has 0 aliphatic rings. The third-order valence-corrected chi connectivity index (χ3v) is 4.40. The summed E-state index contributed by atoms with van der Waals surface area (Å²) in [5.41, 5.74) is -0.247. The Morgan fingerprint density at radius 3 is 1.65 bits per heavy atom. The average molecular weight is 261 g/mol. The predicted molar refractivity (Wildman–Crippen MR) is 76.5 cm³/mol. The lowest BCUT2D eigenvalue weighted by Crippen LogP contribution is -2.46. The molecule has 1 N–H and O–H groups in total. The molecular weight excluding hydrogens is 230 g/mol. The van der Waals surface area contributed by atoms with Crippen LogP contribution in [0.15, 0.2) is 0 Å².